The molecular formula is C17H27N3O3S. The van der Waals surface area contributed by atoms with Crippen LogP contribution in [0.25, 0.3) is 0 Å². The van der Waals surface area contributed by atoms with Crippen LogP contribution < -0.4 is 10.0 Å². The van der Waals surface area contributed by atoms with Gasteiger partial charge in [-0.15, -0.1) is 0 Å². The second-order valence-corrected chi connectivity index (χ2v) is 7.92. The molecule has 1 aromatic rings. The maximum absolute atomic E-state index is 12.6. The molecule has 2 rings (SSSR count). The van der Waals surface area contributed by atoms with Crippen molar-refractivity contribution in [2.75, 3.05) is 33.2 Å². The van der Waals surface area contributed by atoms with Crippen LogP contribution in [0, 0.1) is 5.92 Å². The molecule has 1 aromatic carbocycles. The van der Waals surface area contributed by atoms with E-state index in [4.69, 9.17) is 0 Å². The lowest BCUT2D eigenvalue weighted by Crippen LogP contribution is -2.39. The largest absolute Gasteiger partial charge is 0.339 e. The Hall–Kier alpha value is -1.44. The molecule has 7 heteroatoms. The summed E-state index contributed by atoms with van der Waals surface area (Å²) in [5.41, 5.74) is 0.541. The third-order valence-corrected chi connectivity index (χ3v) is 6.01. The minimum atomic E-state index is -3.47. The Kier molecular flexibility index (Phi) is 6.77. The molecule has 0 radical (unpaired) electrons. The molecule has 1 aliphatic heterocycles. The predicted octanol–water partition coefficient (Wildman–Crippen LogP) is 1.45. The summed E-state index contributed by atoms with van der Waals surface area (Å²) in [5, 5.41) is 3.17. The van der Waals surface area contributed by atoms with E-state index in [0.29, 0.717) is 18.0 Å². The lowest BCUT2D eigenvalue weighted by molar-refractivity contribution is 0.0687. The topological polar surface area (TPSA) is 78.5 Å². The number of benzene rings is 1. The van der Waals surface area contributed by atoms with Crippen LogP contribution >= 0.6 is 0 Å². The van der Waals surface area contributed by atoms with Gasteiger partial charge in [-0.05, 0) is 63.0 Å². The number of carbonyl (C=O) groups is 1. The molecule has 0 unspecified atom stereocenters. The van der Waals surface area contributed by atoms with Crippen LogP contribution in [0.3, 0.4) is 0 Å². The van der Waals surface area contributed by atoms with E-state index in [1.54, 1.807) is 19.1 Å². The molecule has 1 fully saturated rings. The van der Waals surface area contributed by atoms with E-state index in [9.17, 15) is 13.2 Å². The number of hydrogen-bond donors (Lipinski definition) is 2. The molecule has 0 bridgehead atoms. The number of sulfonamides is 1. The first-order valence-electron chi connectivity index (χ1n) is 8.51. The lowest BCUT2D eigenvalue weighted by atomic mass is 9.93. The Bertz CT molecular complexity index is 636. The molecule has 0 atom stereocenters. The summed E-state index contributed by atoms with van der Waals surface area (Å²) in [6, 6.07) is 6.18. The molecule has 1 amide bonds. The van der Waals surface area contributed by atoms with Crippen molar-refractivity contribution in [3.8, 4) is 0 Å². The molecule has 2 N–H and O–H groups in total. The first kappa shape index (κ1) is 18.9. The predicted molar refractivity (Wildman–Crippen MR) is 94.5 cm³/mol. The quantitative estimate of drug-likeness (QED) is 0.778. The van der Waals surface area contributed by atoms with Gasteiger partial charge in [0.25, 0.3) is 5.91 Å². The van der Waals surface area contributed by atoms with Gasteiger partial charge in [0.1, 0.15) is 0 Å². The van der Waals surface area contributed by atoms with Gasteiger partial charge in [0.05, 0.1) is 4.90 Å². The average Bonchev–Trinajstić information content (AvgIpc) is 2.60. The Morgan fingerprint density at radius 2 is 1.83 bits per heavy atom. The van der Waals surface area contributed by atoms with Gasteiger partial charge in [-0.25, -0.2) is 13.1 Å². The van der Waals surface area contributed by atoms with Gasteiger partial charge in [0, 0.05) is 25.2 Å². The van der Waals surface area contributed by atoms with Crippen molar-refractivity contribution >= 4 is 15.9 Å². The van der Waals surface area contributed by atoms with Gasteiger partial charge >= 0.3 is 0 Å². The number of carbonyl (C=O) groups excluding carboxylic acids is 1. The molecule has 0 aromatic heterocycles. The number of piperidine rings is 1. The van der Waals surface area contributed by atoms with E-state index < -0.39 is 10.0 Å². The van der Waals surface area contributed by atoms with Crippen LogP contribution in [0.1, 0.15) is 36.5 Å². The number of rotatable bonds is 7. The SMILES string of the molecule is CCNS(=O)(=O)c1ccc(C(=O)N2CCC(CCNC)CC2)cc1. The number of likely N-dealkylation sites (tertiary alicyclic amines) is 1. The summed E-state index contributed by atoms with van der Waals surface area (Å²) in [5.74, 6) is 0.656. The molecule has 134 valence electrons. The highest BCUT2D eigenvalue weighted by molar-refractivity contribution is 7.89. The molecule has 0 spiro atoms. The van der Waals surface area contributed by atoms with Crippen molar-refractivity contribution in [1.29, 1.82) is 0 Å². The van der Waals surface area contributed by atoms with Crippen molar-refractivity contribution in [1.82, 2.24) is 14.9 Å². The number of hydrogen-bond acceptors (Lipinski definition) is 4. The first-order valence-corrected chi connectivity index (χ1v) is 10.00. The number of nitrogens with one attached hydrogen (secondary N) is 2. The van der Waals surface area contributed by atoms with E-state index in [1.165, 1.54) is 12.1 Å². The van der Waals surface area contributed by atoms with Crippen molar-refractivity contribution in [3.05, 3.63) is 29.8 Å². The first-order chi connectivity index (χ1) is 11.5. The summed E-state index contributed by atoms with van der Waals surface area (Å²) >= 11 is 0. The van der Waals surface area contributed by atoms with Gasteiger partial charge < -0.3 is 10.2 Å². The van der Waals surface area contributed by atoms with Gasteiger partial charge in [-0.1, -0.05) is 6.92 Å². The van der Waals surface area contributed by atoms with Crippen molar-refractivity contribution < 1.29 is 13.2 Å². The maximum atomic E-state index is 12.6. The van der Waals surface area contributed by atoms with Crippen LogP contribution in [0.5, 0.6) is 0 Å². The third-order valence-electron chi connectivity index (χ3n) is 4.45. The highest BCUT2D eigenvalue weighted by atomic mass is 32.2. The fourth-order valence-electron chi connectivity index (χ4n) is 3.01. The average molecular weight is 353 g/mol. The van der Waals surface area contributed by atoms with Crippen LogP contribution in [0.15, 0.2) is 29.2 Å². The Morgan fingerprint density at radius 1 is 1.21 bits per heavy atom. The summed E-state index contributed by atoms with van der Waals surface area (Å²) in [4.78, 5) is 14.6. The molecule has 1 aliphatic rings. The fraction of sp³-hybridized carbons (Fsp3) is 0.588. The van der Waals surface area contributed by atoms with E-state index in [2.05, 4.69) is 10.0 Å². The second-order valence-electron chi connectivity index (χ2n) is 6.15. The fourth-order valence-corrected chi connectivity index (χ4v) is 4.05. The second kappa shape index (κ2) is 8.60. The highest BCUT2D eigenvalue weighted by Gasteiger charge is 2.23. The van der Waals surface area contributed by atoms with Crippen LogP contribution in [-0.4, -0.2) is 52.5 Å². The van der Waals surface area contributed by atoms with Gasteiger partial charge in [0.15, 0.2) is 0 Å². The molecule has 6 nitrogen and oxygen atoms in total. The number of amides is 1. The standard InChI is InChI=1S/C17H27N3O3S/c1-3-19-24(22,23)16-6-4-15(5-7-16)17(21)20-12-9-14(10-13-20)8-11-18-2/h4-7,14,18-19H,3,8-13H2,1-2H3. The molecule has 24 heavy (non-hydrogen) atoms. The normalized spacial score (nSPS) is 16.3. The van der Waals surface area contributed by atoms with Crippen LogP contribution in [0.2, 0.25) is 0 Å². The minimum absolute atomic E-state index is 0.0190. The monoisotopic (exact) mass is 353 g/mol. The maximum Gasteiger partial charge on any atom is 0.253 e. The summed E-state index contributed by atoms with van der Waals surface area (Å²) in [6.07, 6.45) is 3.20. The van der Waals surface area contributed by atoms with E-state index in [1.807, 2.05) is 11.9 Å². The highest BCUT2D eigenvalue weighted by Crippen LogP contribution is 2.22. The van der Waals surface area contributed by atoms with Crippen LogP contribution in [0.4, 0.5) is 0 Å². The molecule has 1 heterocycles. The summed E-state index contributed by atoms with van der Waals surface area (Å²) in [6.45, 7) is 4.62. The summed E-state index contributed by atoms with van der Waals surface area (Å²) in [7, 11) is -1.52. The van der Waals surface area contributed by atoms with Gasteiger partial charge in [-0.2, -0.15) is 0 Å². The molecular weight excluding hydrogens is 326 g/mol. The van der Waals surface area contributed by atoms with Crippen LogP contribution in [-0.2, 0) is 10.0 Å². The molecule has 1 saturated heterocycles. The van der Waals surface area contributed by atoms with Crippen molar-refractivity contribution in [2.24, 2.45) is 5.92 Å². The summed E-state index contributed by atoms with van der Waals surface area (Å²) < 4.78 is 26.3. The Labute approximate surface area is 144 Å². The van der Waals surface area contributed by atoms with Crippen molar-refractivity contribution in [3.63, 3.8) is 0 Å². The zero-order chi connectivity index (χ0) is 17.6. The van der Waals surface area contributed by atoms with Gasteiger partial charge in [-0.3, -0.25) is 4.79 Å². The van der Waals surface area contributed by atoms with E-state index in [-0.39, 0.29) is 10.8 Å². The van der Waals surface area contributed by atoms with Gasteiger partial charge in [0.2, 0.25) is 10.0 Å². The van der Waals surface area contributed by atoms with Crippen molar-refractivity contribution in [2.45, 2.75) is 31.1 Å². The van der Waals surface area contributed by atoms with E-state index in [0.717, 1.165) is 38.9 Å². The Morgan fingerprint density at radius 3 is 2.38 bits per heavy atom. The van der Waals surface area contributed by atoms with E-state index >= 15 is 0 Å². The zero-order valence-corrected chi connectivity index (χ0v) is 15.2. The smallest absolute Gasteiger partial charge is 0.253 e. The Balaban J connectivity index is 1.96. The third kappa shape index (κ3) is 4.78. The molecule has 0 saturated carbocycles. The lowest BCUT2D eigenvalue weighted by Gasteiger charge is -2.32. The minimum Gasteiger partial charge on any atom is -0.339 e. The molecule has 0 aliphatic carbocycles. The zero-order valence-electron chi connectivity index (χ0n) is 14.4. The number of nitrogens with zero attached hydrogens (tertiary/aromatic N) is 1.